The van der Waals surface area contributed by atoms with E-state index in [0.717, 1.165) is 0 Å². The van der Waals surface area contributed by atoms with Crippen LogP contribution in [0.2, 0.25) is 0 Å². The van der Waals surface area contributed by atoms with Crippen LogP contribution in [-0.4, -0.2) is 11.6 Å². The molecule has 23 heavy (non-hydrogen) atoms. The standard InChI is InChI=1S/C14H7N2O2.4ClH.Zn/c15-16-11-7-3-6-10-12(11)14(18)9-5-2-1-4-8(9)13(10)17;;;;;/h1-7H;4*1H;/q+1;;;;;+2/p-4. The van der Waals surface area contributed by atoms with Crippen LogP contribution in [0.5, 0.6) is 0 Å². The van der Waals surface area contributed by atoms with Crippen LogP contribution in [0.1, 0.15) is 31.8 Å². The number of nitrogens with zero attached hydrogens (tertiary/aromatic N) is 2. The molecule has 0 radical (unpaired) electrons. The maximum absolute atomic E-state index is 12.3. The molecule has 9 heteroatoms. The fraction of sp³-hybridized carbons (Fsp3) is 0. The fourth-order valence-corrected chi connectivity index (χ4v) is 2.21. The summed E-state index contributed by atoms with van der Waals surface area (Å²) in [6.07, 6.45) is 0. The van der Waals surface area contributed by atoms with Crippen molar-refractivity contribution in [1.82, 2.24) is 0 Å². The average Bonchev–Trinajstić information content (AvgIpc) is 2.44. The Hall–Kier alpha value is -1.02. The summed E-state index contributed by atoms with van der Waals surface area (Å²) in [6, 6.07) is 11.3. The van der Waals surface area contributed by atoms with E-state index < -0.39 is 0 Å². The van der Waals surface area contributed by atoms with Crippen molar-refractivity contribution in [2.24, 2.45) is 0 Å². The van der Waals surface area contributed by atoms with E-state index in [-0.39, 0.29) is 97.5 Å². The van der Waals surface area contributed by atoms with Gasteiger partial charge in [0.05, 0.1) is 0 Å². The molecule has 0 aliphatic heterocycles. The summed E-state index contributed by atoms with van der Waals surface area (Å²) >= 11 is 0. The van der Waals surface area contributed by atoms with Gasteiger partial charge in [0.15, 0.2) is 10.8 Å². The number of hydrogen-bond acceptors (Lipinski definition) is 3. The molecule has 0 spiro atoms. The van der Waals surface area contributed by atoms with Crippen LogP contribution in [-0.2, 0) is 19.5 Å². The van der Waals surface area contributed by atoms with Crippen LogP contribution >= 0.6 is 0 Å². The van der Waals surface area contributed by atoms with E-state index in [1.54, 1.807) is 36.4 Å². The predicted molar refractivity (Wildman–Crippen MR) is 64.5 cm³/mol. The maximum atomic E-state index is 12.3. The molecule has 0 saturated carbocycles. The maximum Gasteiger partial charge on any atom is 2.00 e. The predicted octanol–water partition coefficient (Wildman–Crippen LogP) is -9.04. The molecule has 0 aromatic heterocycles. The monoisotopic (exact) mass is 439 g/mol. The molecule has 0 unspecified atom stereocenters. The Kier molecular flexibility index (Phi) is 12.5. The molecule has 0 atom stereocenters. The zero-order chi connectivity index (χ0) is 12.7. The van der Waals surface area contributed by atoms with Gasteiger partial charge >= 0.3 is 25.2 Å². The largest absolute Gasteiger partial charge is 2.00 e. The third-order valence-electron chi connectivity index (χ3n) is 3.04. The second-order valence-corrected chi connectivity index (χ2v) is 4.00. The van der Waals surface area contributed by atoms with Gasteiger partial charge in [0.25, 0.3) is 0 Å². The first-order valence-corrected chi connectivity index (χ1v) is 5.40. The summed E-state index contributed by atoms with van der Waals surface area (Å²) in [5.41, 5.74) is 1.33. The molecule has 0 fully saturated rings. The summed E-state index contributed by atoms with van der Waals surface area (Å²) < 4.78 is 0. The Bertz CT molecular complexity index is 763. The van der Waals surface area contributed by atoms with Gasteiger partial charge in [0, 0.05) is 22.8 Å². The molecular formula is C14H7Cl4N2O2Zn-. The zero-order valence-electron chi connectivity index (χ0n) is 11.5. The number of halogens is 4. The molecule has 2 aromatic carbocycles. The number of ketones is 2. The molecule has 0 N–H and O–H groups in total. The topological polar surface area (TPSA) is 62.3 Å². The fourth-order valence-electron chi connectivity index (χ4n) is 2.21. The van der Waals surface area contributed by atoms with E-state index in [4.69, 9.17) is 5.39 Å². The number of carbonyl (C=O) groups excluding carboxylic acids is 2. The molecule has 116 valence electrons. The van der Waals surface area contributed by atoms with Gasteiger partial charge in [-0.1, -0.05) is 30.3 Å². The molecule has 0 saturated heterocycles. The van der Waals surface area contributed by atoms with Crippen LogP contribution in [0.25, 0.3) is 4.98 Å². The van der Waals surface area contributed by atoms with Crippen molar-refractivity contribution < 1.29 is 78.7 Å². The number of fused-ring (bicyclic) bond motifs is 2. The SMILES string of the molecule is N#[N+]c1cccc2c1C(=O)c1ccccc1C2=O.[Cl-].[Cl-].[Cl-].[Cl-].[Zn+2]. The number of hydrogen-bond donors (Lipinski definition) is 0. The van der Waals surface area contributed by atoms with Crippen molar-refractivity contribution in [3.63, 3.8) is 0 Å². The molecule has 0 heterocycles. The van der Waals surface area contributed by atoms with Crippen LogP contribution in [0, 0.1) is 5.39 Å². The zero-order valence-corrected chi connectivity index (χ0v) is 17.5. The minimum atomic E-state index is -0.284. The number of benzene rings is 2. The van der Waals surface area contributed by atoms with Gasteiger partial charge in [-0.25, -0.2) is 0 Å². The van der Waals surface area contributed by atoms with E-state index in [1.807, 2.05) is 0 Å². The van der Waals surface area contributed by atoms with Gasteiger partial charge in [-0.2, -0.15) is 0 Å². The van der Waals surface area contributed by atoms with Gasteiger partial charge < -0.3 is 49.6 Å². The van der Waals surface area contributed by atoms with E-state index in [9.17, 15) is 9.59 Å². The van der Waals surface area contributed by atoms with E-state index in [2.05, 4.69) is 4.98 Å². The van der Waals surface area contributed by atoms with Gasteiger partial charge in [0.2, 0.25) is 11.2 Å². The molecule has 0 amide bonds. The molecule has 3 rings (SSSR count). The van der Waals surface area contributed by atoms with Crippen molar-refractivity contribution in [1.29, 1.82) is 5.39 Å². The third-order valence-corrected chi connectivity index (χ3v) is 3.04. The Labute approximate surface area is 170 Å². The van der Waals surface area contributed by atoms with Gasteiger partial charge in [-0.3, -0.25) is 9.59 Å². The minimum Gasteiger partial charge on any atom is -1.00 e. The van der Waals surface area contributed by atoms with Gasteiger partial charge in [0.1, 0.15) is 5.56 Å². The van der Waals surface area contributed by atoms with Crippen molar-refractivity contribution in [2.45, 2.75) is 0 Å². The smallest absolute Gasteiger partial charge is 1.00 e. The van der Waals surface area contributed by atoms with Crippen LogP contribution < -0.4 is 49.6 Å². The first kappa shape index (κ1) is 26.9. The molecule has 4 nitrogen and oxygen atoms in total. The first-order valence-electron chi connectivity index (χ1n) is 5.40. The van der Waals surface area contributed by atoms with E-state index in [0.29, 0.717) is 11.1 Å². The Morgan fingerprint density at radius 2 is 1.17 bits per heavy atom. The minimum absolute atomic E-state index is 0. The normalized spacial score (nSPS) is 9.87. The Morgan fingerprint density at radius 1 is 0.696 bits per heavy atom. The summed E-state index contributed by atoms with van der Waals surface area (Å²) in [5.74, 6) is -0.501. The van der Waals surface area contributed by atoms with Gasteiger partial charge in [-0.05, 0) is 6.07 Å². The first-order chi connectivity index (χ1) is 8.74. The number of rotatable bonds is 0. The number of carbonyl (C=O) groups is 2. The quantitative estimate of drug-likeness (QED) is 0.257. The Morgan fingerprint density at radius 3 is 1.70 bits per heavy atom. The average molecular weight is 442 g/mol. The molecule has 1 aliphatic rings. The summed E-state index contributed by atoms with van der Waals surface area (Å²) in [5, 5.41) is 8.91. The Balaban J connectivity index is -0.000000800. The molecular weight excluding hydrogens is 435 g/mol. The number of diazo groups is 1. The summed E-state index contributed by atoms with van der Waals surface area (Å²) in [4.78, 5) is 27.6. The van der Waals surface area contributed by atoms with Crippen LogP contribution in [0.4, 0.5) is 5.69 Å². The second kappa shape index (κ2) is 10.7. The molecule has 1 aliphatic carbocycles. The van der Waals surface area contributed by atoms with E-state index >= 15 is 0 Å². The summed E-state index contributed by atoms with van der Waals surface area (Å²) in [6.45, 7) is 0. The van der Waals surface area contributed by atoms with Crippen molar-refractivity contribution in [3.8, 4) is 0 Å². The third kappa shape index (κ3) is 4.29. The van der Waals surface area contributed by atoms with Crippen molar-refractivity contribution in [2.75, 3.05) is 0 Å². The van der Waals surface area contributed by atoms with Crippen LogP contribution in [0.3, 0.4) is 0 Å². The molecule has 0 bridgehead atoms. The van der Waals surface area contributed by atoms with Crippen molar-refractivity contribution in [3.05, 3.63) is 69.7 Å². The van der Waals surface area contributed by atoms with Crippen molar-refractivity contribution >= 4 is 17.3 Å². The van der Waals surface area contributed by atoms with Crippen LogP contribution in [0.15, 0.2) is 42.5 Å². The van der Waals surface area contributed by atoms with E-state index in [1.165, 1.54) is 6.07 Å². The summed E-state index contributed by atoms with van der Waals surface area (Å²) in [7, 11) is 0. The molecule has 2 aromatic rings. The van der Waals surface area contributed by atoms with Gasteiger partial charge in [-0.15, -0.1) is 0 Å². The second-order valence-electron chi connectivity index (χ2n) is 4.00.